The Bertz CT molecular complexity index is 718. The third-order valence-electron chi connectivity index (χ3n) is 9.02. The van der Waals surface area contributed by atoms with Gasteiger partial charge in [-0.05, 0) is 0 Å². The number of carbonyl (C=O) groups excluding carboxylic acids is 1. The Morgan fingerprint density at radius 3 is 1.76 bits per heavy atom. The Kier molecular flexibility index (Phi) is 19.4. The van der Waals surface area contributed by atoms with Gasteiger partial charge in [0.2, 0.25) is 0 Å². The van der Waals surface area contributed by atoms with Crippen LogP contribution in [0.15, 0.2) is 18.0 Å². The Labute approximate surface area is 240 Å². The van der Waals surface area contributed by atoms with Crippen molar-refractivity contribution in [3.05, 3.63) is 29.1 Å². The maximum atomic E-state index is 13.7. The van der Waals surface area contributed by atoms with Crippen molar-refractivity contribution in [2.45, 2.75) is 176 Å². The molecule has 1 radical (unpaired) electrons. The molecule has 1 unspecified atom stereocenters. The van der Waals surface area contributed by atoms with Crippen LogP contribution in [0.2, 0.25) is 0 Å². The van der Waals surface area contributed by atoms with Gasteiger partial charge in [0, 0.05) is 0 Å². The zero-order chi connectivity index (χ0) is 28.1. The first-order valence-corrected chi connectivity index (χ1v) is 16.8. The van der Waals surface area contributed by atoms with E-state index < -0.39 is 0 Å². The Morgan fingerprint density at radius 1 is 0.684 bits per heavy atom. The van der Waals surface area contributed by atoms with Gasteiger partial charge in [-0.25, -0.2) is 0 Å². The molecule has 0 amide bonds. The van der Waals surface area contributed by atoms with Crippen LogP contribution in [0.4, 0.5) is 0 Å². The molecular formula is C35H63B2O. The summed E-state index contributed by atoms with van der Waals surface area (Å²) in [4.78, 5) is 13.7. The Hall–Kier alpha value is -0.850. The first kappa shape index (κ1) is 35.2. The van der Waals surface area contributed by atoms with Crippen molar-refractivity contribution < 1.29 is 4.79 Å². The van der Waals surface area contributed by atoms with E-state index in [2.05, 4.69) is 73.7 Å². The molecule has 0 fully saturated rings. The molecule has 3 heteroatoms. The van der Waals surface area contributed by atoms with E-state index in [9.17, 15) is 4.79 Å². The Balaban J connectivity index is 2.88. The van der Waals surface area contributed by atoms with Crippen molar-refractivity contribution >= 4 is 19.9 Å². The van der Waals surface area contributed by atoms with Crippen molar-refractivity contribution in [1.29, 1.82) is 0 Å². The second-order valence-corrected chi connectivity index (χ2v) is 13.0. The molecule has 0 bridgehead atoms. The second-order valence-electron chi connectivity index (χ2n) is 13.0. The van der Waals surface area contributed by atoms with Gasteiger partial charge in [-0.3, -0.25) is 0 Å². The Morgan fingerprint density at radius 2 is 1.18 bits per heavy atom. The minimum Gasteiger partial charge on any atom is -0.0654 e. The van der Waals surface area contributed by atoms with Crippen LogP contribution in [0.5, 0.6) is 0 Å². The third-order valence-corrected chi connectivity index (χ3v) is 9.02. The van der Waals surface area contributed by atoms with Gasteiger partial charge in [0.1, 0.15) is 0 Å². The normalized spacial score (nSPS) is 13.3. The molecule has 1 atom stereocenters. The first-order chi connectivity index (χ1) is 18.3. The van der Waals surface area contributed by atoms with Gasteiger partial charge in [-0.1, -0.05) is 13.8 Å². The van der Waals surface area contributed by atoms with E-state index in [-0.39, 0.29) is 5.41 Å². The van der Waals surface area contributed by atoms with Crippen LogP contribution in [0.25, 0.3) is 0 Å². The number of hydrogen-bond donors (Lipinski definition) is 0. The van der Waals surface area contributed by atoms with Crippen LogP contribution < -0.4 is 0 Å². The van der Waals surface area contributed by atoms with E-state index >= 15 is 0 Å². The van der Waals surface area contributed by atoms with E-state index in [1.54, 1.807) is 0 Å². The van der Waals surface area contributed by atoms with Crippen LogP contribution in [-0.4, -0.2) is 19.9 Å². The van der Waals surface area contributed by atoms with Crippen molar-refractivity contribution in [3.8, 4) is 0 Å². The molecule has 0 aliphatic heterocycles. The number of hydrogen-bond acceptors (Lipinski definition) is 1. The molecule has 1 aromatic rings. The van der Waals surface area contributed by atoms with Crippen molar-refractivity contribution in [1.82, 2.24) is 0 Å². The molecule has 0 spiro atoms. The zero-order valence-electron chi connectivity index (χ0n) is 26.6. The van der Waals surface area contributed by atoms with E-state index in [0.29, 0.717) is 11.1 Å². The van der Waals surface area contributed by atoms with E-state index in [1.165, 1.54) is 120 Å². The smallest absolute Gasteiger partial charge is 0.0654 e. The molecule has 0 saturated heterocycles. The molecule has 0 aliphatic rings. The first-order valence-electron chi connectivity index (χ1n) is 16.8. The molecular weight excluding hydrogens is 458 g/mol. The summed E-state index contributed by atoms with van der Waals surface area (Å²) in [6, 6.07) is 2.28. The summed E-state index contributed by atoms with van der Waals surface area (Å²) in [5.74, 6) is 4.50. The summed E-state index contributed by atoms with van der Waals surface area (Å²) in [5.41, 5.74) is 3.40. The minimum atomic E-state index is -0.190. The minimum absolute atomic E-state index is 0.190. The number of carbonyl (C=O) groups is 1. The predicted octanol–water partition coefficient (Wildman–Crippen LogP) is 10.8. The molecule has 215 valence electrons. The fourth-order valence-electron chi connectivity index (χ4n) is 6.15. The van der Waals surface area contributed by atoms with Crippen LogP contribution >= 0.6 is 0 Å². The molecule has 1 rings (SSSR count). The molecule has 0 aliphatic carbocycles. The number of unbranched alkanes of at least 4 members (excludes halogenated alkanes) is 11. The van der Waals surface area contributed by atoms with Gasteiger partial charge >= 0.3 is 227 Å². The van der Waals surface area contributed by atoms with Gasteiger partial charge in [0.25, 0.3) is 0 Å². The summed E-state index contributed by atoms with van der Waals surface area (Å²) in [7, 11) is 2.06. The van der Waals surface area contributed by atoms with E-state index in [4.69, 9.17) is 0 Å². The average molecular weight is 522 g/mol. The van der Waals surface area contributed by atoms with Gasteiger partial charge in [0.05, 0.1) is 0 Å². The van der Waals surface area contributed by atoms with Gasteiger partial charge in [-0.2, -0.15) is 0 Å². The quantitative estimate of drug-likeness (QED) is 0.0924. The topological polar surface area (TPSA) is 17.1 Å². The van der Waals surface area contributed by atoms with E-state index in [0.717, 1.165) is 25.6 Å². The molecule has 0 aromatic carbocycles. The summed E-state index contributed by atoms with van der Waals surface area (Å²) >= 11 is 0. The van der Waals surface area contributed by atoms with Gasteiger partial charge < -0.3 is 0 Å². The maximum absolute atomic E-state index is 13.7. The predicted molar refractivity (Wildman–Crippen MR) is 173 cm³/mol. The fraction of sp³-hybridized carbons (Fsp3) is 0.829. The standard InChI is InChI=1S/C35H63B2O/c1-7-11-15-18-19-24-34(5,23-14-10-4)28-32-29-36-27-22-31(32)30-37-33(38)35(6,25-20-16-12-8-2)26-21-17-13-9-3/h22,27,29H,7-21,23-26,28,30H2,1-6H3. The van der Waals surface area contributed by atoms with Crippen LogP contribution in [0, 0.1) is 10.8 Å². The van der Waals surface area contributed by atoms with Gasteiger partial charge in [0.15, 0.2) is 0 Å². The molecule has 1 heterocycles. The average Bonchev–Trinajstić information content (AvgIpc) is 2.91. The third kappa shape index (κ3) is 14.5. The molecule has 38 heavy (non-hydrogen) atoms. The fourth-order valence-corrected chi connectivity index (χ4v) is 6.15. The number of rotatable bonds is 25. The monoisotopic (exact) mass is 522 g/mol. The van der Waals surface area contributed by atoms with Crippen molar-refractivity contribution in [2.24, 2.45) is 10.8 Å². The molecule has 1 aromatic heterocycles. The SMILES string of the molecule is CCCCCCCC(C)(CCCC)Cc1cbccc1C[B]C(=O)C(C)(CCCCCC)CCCCCC. The zero-order valence-corrected chi connectivity index (χ0v) is 26.6. The molecule has 0 saturated carbocycles. The summed E-state index contributed by atoms with van der Waals surface area (Å²) < 4.78 is 0. The van der Waals surface area contributed by atoms with E-state index in [1.807, 2.05) is 0 Å². The molecule has 0 N–H and O–H groups in total. The summed E-state index contributed by atoms with van der Waals surface area (Å²) in [5, 5.41) is 0. The van der Waals surface area contributed by atoms with Crippen molar-refractivity contribution in [2.75, 3.05) is 0 Å². The summed E-state index contributed by atoms with van der Waals surface area (Å²) in [6.07, 6.45) is 26.0. The second kappa shape index (κ2) is 21.0. The van der Waals surface area contributed by atoms with Crippen LogP contribution in [0.1, 0.15) is 175 Å². The van der Waals surface area contributed by atoms with Crippen LogP contribution in [-0.2, 0) is 17.5 Å². The van der Waals surface area contributed by atoms with Crippen LogP contribution in [0.3, 0.4) is 0 Å². The van der Waals surface area contributed by atoms with Crippen molar-refractivity contribution in [3.63, 3.8) is 0 Å². The summed E-state index contributed by atoms with van der Waals surface area (Å²) in [6.45, 7) is 16.1. The molecule has 1 nitrogen and oxygen atoms in total. The van der Waals surface area contributed by atoms with Gasteiger partial charge in [-0.15, -0.1) is 0 Å².